The maximum absolute atomic E-state index is 4.78. The molecule has 0 radical (unpaired) electrons. The summed E-state index contributed by atoms with van der Waals surface area (Å²) in [5.41, 5.74) is 3.29. The summed E-state index contributed by atoms with van der Waals surface area (Å²) in [4.78, 5) is 0. The van der Waals surface area contributed by atoms with Crippen LogP contribution in [0.2, 0.25) is 0 Å². The topological polar surface area (TPSA) is 27.7 Å². The Morgan fingerprint density at radius 1 is 0.800 bits per heavy atom. The molecule has 0 aliphatic heterocycles. The van der Waals surface area contributed by atoms with Crippen molar-refractivity contribution in [3.63, 3.8) is 0 Å². The van der Waals surface area contributed by atoms with Gasteiger partial charge in [-0.1, -0.05) is 0 Å². The summed E-state index contributed by atoms with van der Waals surface area (Å²) in [6, 6.07) is 0. The molecular formula is C3H3InO3S3. The predicted octanol–water partition coefficient (Wildman–Crippen LogP) is 0.893. The Labute approximate surface area is 84.0 Å². The molecule has 7 heteroatoms. The van der Waals surface area contributed by atoms with Crippen LogP contribution in [0.5, 0.6) is 0 Å². The molecule has 3 nitrogen and oxygen atoms in total. The van der Waals surface area contributed by atoms with Gasteiger partial charge in [-0.3, -0.25) is 0 Å². The van der Waals surface area contributed by atoms with Crippen LogP contribution in [0.4, 0.5) is 0 Å². The second-order valence-corrected chi connectivity index (χ2v) is 5.54. The first kappa shape index (κ1) is 10.5. The van der Waals surface area contributed by atoms with E-state index in [4.69, 9.17) is 8.56 Å². The second-order valence-electron chi connectivity index (χ2n) is 0.986. The maximum atomic E-state index is 4.78. The van der Waals surface area contributed by atoms with Crippen LogP contribution in [-0.2, 0) is 8.56 Å². The SMILES string of the molecule is S=C[O][In]([O]C=S)[O]C=S. The molecule has 0 aromatic carbocycles. The minimum absolute atomic E-state index is 1.10. The standard InChI is InChI=1S/3CH2OS.In/c3*2-1-3;/h3*1H,(H,2,3);/q;;;+3/p-3. The van der Waals surface area contributed by atoms with E-state index >= 15 is 0 Å². The van der Waals surface area contributed by atoms with Crippen molar-refractivity contribution in [3.05, 3.63) is 0 Å². The molecule has 0 fully saturated rings. The molecule has 0 saturated carbocycles. The molecule has 0 aliphatic carbocycles. The van der Waals surface area contributed by atoms with Gasteiger partial charge in [-0.25, -0.2) is 0 Å². The van der Waals surface area contributed by atoms with E-state index in [1.165, 1.54) is 0 Å². The Bertz CT molecular complexity index is 106. The number of thiocarbonyl (C=S) groups is 3. The first-order valence-electron chi connectivity index (χ1n) is 2.12. The summed E-state index contributed by atoms with van der Waals surface area (Å²) in [7, 11) is 0. The molecule has 0 unspecified atom stereocenters. The fraction of sp³-hybridized carbons (Fsp3) is 0. The van der Waals surface area contributed by atoms with Gasteiger partial charge in [0.25, 0.3) is 0 Å². The van der Waals surface area contributed by atoms with Gasteiger partial charge in [-0.15, -0.1) is 0 Å². The van der Waals surface area contributed by atoms with E-state index in [2.05, 4.69) is 36.7 Å². The average molecular weight is 298 g/mol. The van der Waals surface area contributed by atoms with Crippen LogP contribution < -0.4 is 0 Å². The van der Waals surface area contributed by atoms with Gasteiger partial charge in [0, 0.05) is 0 Å². The third-order valence-corrected chi connectivity index (χ3v) is 5.59. The molecule has 0 aromatic heterocycles. The number of hydrogen-bond donors (Lipinski definition) is 0. The zero-order valence-corrected chi connectivity index (χ0v) is 10.5. The van der Waals surface area contributed by atoms with E-state index in [0.29, 0.717) is 0 Å². The van der Waals surface area contributed by atoms with E-state index in [-0.39, 0.29) is 0 Å². The molecule has 0 rings (SSSR count). The fourth-order valence-electron chi connectivity index (χ4n) is 0.232. The molecule has 0 spiro atoms. The van der Waals surface area contributed by atoms with Crippen molar-refractivity contribution in [2.45, 2.75) is 0 Å². The Balaban J connectivity index is 3.58. The van der Waals surface area contributed by atoms with E-state index in [1.54, 1.807) is 0 Å². The van der Waals surface area contributed by atoms with Crippen LogP contribution in [0.3, 0.4) is 0 Å². The van der Waals surface area contributed by atoms with Crippen molar-refractivity contribution in [1.82, 2.24) is 0 Å². The Morgan fingerprint density at radius 3 is 1.30 bits per heavy atom. The van der Waals surface area contributed by atoms with Gasteiger partial charge in [0.15, 0.2) is 0 Å². The van der Waals surface area contributed by atoms with E-state index in [1.807, 2.05) is 0 Å². The Morgan fingerprint density at radius 2 is 1.10 bits per heavy atom. The first-order chi connectivity index (χ1) is 4.85. The summed E-state index contributed by atoms with van der Waals surface area (Å²) < 4.78 is 14.3. The van der Waals surface area contributed by atoms with Crippen molar-refractivity contribution in [3.8, 4) is 0 Å². The zero-order chi connectivity index (χ0) is 7.82. The summed E-state index contributed by atoms with van der Waals surface area (Å²) in [6.07, 6.45) is 0. The molecule has 54 valence electrons. The van der Waals surface area contributed by atoms with Gasteiger partial charge in [-0.05, 0) is 0 Å². The molecule has 0 amide bonds. The fourth-order valence-corrected chi connectivity index (χ4v) is 3.38. The summed E-state index contributed by atoms with van der Waals surface area (Å²) in [6.45, 7) is 0. The minimum atomic E-state index is -2.86. The molecule has 0 saturated heterocycles. The second kappa shape index (κ2) is 7.64. The Hall–Kier alpha value is 0.540. The van der Waals surface area contributed by atoms with Gasteiger partial charge >= 0.3 is 84.6 Å². The van der Waals surface area contributed by atoms with E-state index in [0.717, 1.165) is 16.7 Å². The van der Waals surface area contributed by atoms with Crippen LogP contribution >= 0.6 is 36.7 Å². The molecular weight excluding hydrogens is 295 g/mol. The van der Waals surface area contributed by atoms with Crippen molar-refractivity contribution < 1.29 is 8.56 Å². The summed E-state index contributed by atoms with van der Waals surface area (Å²) in [5.74, 6) is 0. The zero-order valence-electron chi connectivity index (χ0n) is 4.76. The van der Waals surface area contributed by atoms with Gasteiger partial charge in [0.1, 0.15) is 0 Å². The molecule has 0 bridgehead atoms. The molecule has 0 aromatic rings. The summed E-state index contributed by atoms with van der Waals surface area (Å²) >= 11 is 10.4. The Kier molecular flexibility index (Phi) is 8.06. The number of rotatable bonds is 6. The van der Waals surface area contributed by atoms with Gasteiger partial charge in [0.2, 0.25) is 0 Å². The summed E-state index contributed by atoms with van der Waals surface area (Å²) in [5, 5.41) is 0. The average Bonchev–Trinajstić information content (AvgIpc) is 1.90. The van der Waals surface area contributed by atoms with Crippen LogP contribution in [0, 0.1) is 0 Å². The van der Waals surface area contributed by atoms with E-state index in [9.17, 15) is 0 Å². The van der Waals surface area contributed by atoms with Gasteiger partial charge in [0.05, 0.1) is 0 Å². The molecule has 10 heavy (non-hydrogen) atoms. The third-order valence-electron chi connectivity index (χ3n) is 0.500. The number of hydrogen-bond acceptors (Lipinski definition) is 6. The molecule has 0 aliphatic rings. The first-order valence-corrected chi connectivity index (χ1v) is 7.57. The van der Waals surface area contributed by atoms with Crippen molar-refractivity contribution >= 4 is 76.1 Å². The predicted molar refractivity (Wildman–Crippen MR) is 50.0 cm³/mol. The van der Waals surface area contributed by atoms with Crippen molar-refractivity contribution in [1.29, 1.82) is 0 Å². The van der Waals surface area contributed by atoms with Crippen LogP contribution in [-0.4, -0.2) is 39.4 Å². The van der Waals surface area contributed by atoms with Gasteiger partial charge in [-0.2, -0.15) is 0 Å². The molecule has 0 heterocycles. The third kappa shape index (κ3) is 5.33. The van der Waals surface area contributed by atoms with Crippen molar-refractivity contribution in [2.75, 3.05) is 0 Å². The normalized spacial score (nSPS) is 7.20. The van der Waals surface area contributed by atoms with Crippen molar-refractivity contribution in [2.24, 2.45) is 0 Å². The van der Waals surface area contributed by atoms with Crippen LogP contribution in [0.15, 0.2) is 0 Å². The quantitative estimate of drug-likeness (QED) is 0.676. The van der Waals surface area contributed by atoms with Crippen LogP contribution in [0.1, 0.15) is 0 Å². The monoisotopic (exact) mass is 298 g/mol. The van der Waals surface area contributed by atoms with Crippen LogP contribution in [0.25, 0.3) is 0 Å². The molecule has 0 atom stereocenters. The van der Waals surface area contributed by atoms with E-state index < -0.39 is 22.7 Å². The molecule has 0 N–H and O–H groups in total. The van der Waals surface area contributed by atoms with Gasteiger partial charge < -0.3 is 0 Å².